The lowest BCUT2D eigenvalue weighted by Gasteiger charge is -2.30. The van der Waals surface area contributed by atoms with Gasteiger partial charge in [0.25, 0.3) is 16.8 Å². The second-order valence-electron chi connectivity index (χ2n) is 5.53. The summed E-state index contributed by atoms with van der Waals surface area (Å²) in [6.45, 7) is 4.49. The van der Waals surface area contributed by atoms with Crippen molar-refractivity contribution in [3.8, 4) is 0 Å². The molecule has 2 aliphatic heterocycles. The molecule has 1 aromatic rings. The van der Waals surface area contributed by atoms with Gasteiger partial charge in [-0.2, -0.15) is 0 Å². The number of likely N-dealkylation sites (N-methyl/N-ethyl adjacent to an activating group) is 1. The number of anilines is 1. The fourth-order valence-electron chi connectivity index (χ4n) is 2.78. The largest absolute Gasteiger partial charge is 0.378 e. The van der Waals surface area contributed by atoms with E-state index in [4.69, 9.17) is 4.74 Å². The van der Waals surface area contributed by atoms with Crippen molar-refractivity contribution in [2.75, 3.05) is 37.7 Å². The van der Waals surface area contributed by atoms with E-state index in [1.807, 2.05) is 0 Å². The molecular formula is C16H17N3O5S. The minimum Gasteiger partial charge on any atom is -0.378 e. The summed E-state index contributed by atoms with van der Waals surface area (Å²) in [5.41, 5.74) is 1.29. The number of hydrogen-bond acceptors (Lipinski definition) is 7. The Morgan fingerprint density at radius 2 is 2.04 bits per heavy atom. The first-order valence-electron chi connectivity index (χ1n) is 7.87. The third-order valence-corrected chi connectivity index (χ3v) is 4.96. The van der Waals surface area contributed by atoms with Crippen LogP contribution in [0.3, 0.4) is 0 Å². The highest BCUT2D eigenvalue weighted by atomic mass is 32.2. The Balaban J connectivity index is 2.02. The van der Waals surface area contributed by atoms with Gasteiger partial charge in [0, 0.05) is 43.0 Å². The summed E-state index contributed by atoms with van der Waals surface area (Å²) in [6, 6.07) is 4.56. The maximum atomic E-state index is 12.3. The second kappa shape index (κ2) is 7.24. The minimum atomic E-state index is -0.474. The van der Waals surface area contributed by atoms with E-state index in [0.29, 0.717) is 38.4 Å². The highest BCUT2D eigenvalue weighted by Gasteiger charge is 2.34. The standard InChI is InChI=1S/C16H17N3O5S/c1-2-18-15(20)14(25-16(18)21)10-11-9-12(19(22)23)3-4-13(11)17-5-7-24-8-6-17/h3-4,9-10H,2,5-8H2,1H3/b14-10-. The molecule has 0 aromatic heterocycles. The molecule has 0 saturated carbocycles. The molecule has 0 bridgehead atoms. The smallest absolute Gasteiger partial charge is 0.293 e. The zero-order valence-electron chi connectivity index (χ0n) is 13.6. The number of carbonyl (C=O) groups is 2. The molecule has 0 unspecified atom stereocenters. The van der Waals surface area contributed by atoms with Gasteiger partial charge in [-0.3, -0.25) is 24.6 Å². The maximum Gasteiger partial charge on any atom is 0.293 e. The number of nitro groups is 1. The molecule has 0 aliphatic carbocycles. The monoisotopic (exact) mass is 363 g/mol. The lowest BCUT2D eigenvalue weighted by Crippen LogP contribution is -2.36. The van der Waals surface area contributed by atoms with Gasteiger partial charge in [0.15, 0.2) is 0 Å². The van der Waals surface area contributed by atoms with Gasteiger partial charge in [0.2, 0.25) is 0 Å². The van der Waals surface area contributed by atoms with E-state index in [1.165, 1.54) is 12.1 Å². The van der Waals surface area contributed by atoms with E-state index in [-0.39, 0.29) is 21.7 Å². The number of non-ortho nitro benzene ring substituents is 1. The molecule has 2 fully saturated rings. The van der Waals surface area contributed by atoms with Crippen LogP contribution in [0.15, 0.2) is 23.1 Å². The third kappa shape index (κ3) is 3.52. The van der Waals surface area contributed by atoms with E-state index >= 15 is 0 Å². The van der Waals surface area contributed by atoms with Gasteiger partial charge in [-0.15, -0.1) is 0 Å². The summed E-state index contributed by atoms with van der Waals surface area (Å²) in [5, 5.41) is 10.8. The Hall–Kier alpha value is -2.39. The van der Waals surface area contributed by atoms with Gasteiger partial charge in [0.1, 0.15) is 0 Å². The number of carbonyl (C=O) groups excluding carboxylic acids is 2. The number of nitro benzene ring substituents is 1. The van der Waals surface area contributed by atoms with Gasteiger partial charge < -0.3 is 9.64 Å². The van der Waals surface area contributed by atoms with Gasteiger partial charge >= 0.3 is 0 Å². The van der Waals surface area contributed by atoms with Crippen molar-refractivity contribution in [3.63, 3.8) is 0 Å². The lowest BCUT2D eigenvalue weighted by atomic mass is 10.1. The van der Waals surface area contributed by atoms with Crippen LogP contribution in [0.25, 0.3) is 6.08 Å². The van der Waals surface area contributed by atoms with Crippen molar-refractivity contribution in [2.45, 2.75) is 6.92 Å². The van der Waals surface area contributed by atoms with Crippen LogP contribution in [0.5, 0.6) is 0 Å². The van der Waals surface area contributed by atoms with Crippen LogP contribution in [-0.2, 0) is 9.53 Å². The van der Waals surface area contributed by atoms with Gasteiger partial charge in [-0.05, 0) is 30.8 Å². The Morgan fingerprint density at radius 1 is 1.32 bits per heavy atom. The summed E-state index contributed by atoms with van der Waals surface area (Å²) in [4.78, 5) is 38.3. The first-order valence-corrected chi connectivity index (χ1v) is 8.69. The van der Waals surface area contributed by atoms with E-state index in [9.17, 15) is 19.7 Å². The van der Waals surface area contributed by atoms with Crippen molar-refractivity contribution in [1.82, 2.24) is 4.90 Å². The van der Waals surface area contributed by atoms with Crippen LogP contribution >= 0.6 is 11.8 Å². The van der Waals surface area contributed by atoms with E-state index in [1.54, 1.807) is 19.1 Å². The zero-order valence-corrected chi connectivity index (χ0v) is 14.5. The average Bonchev–Trinajstić information content (AvgIpc) is 2.88. The Kier molecular flexibility index (Phi) is 5.05. The predicted octanol–water partition coefficient (Wildman–Crippen LogP) is 2.49. The second-order valence-corrected chi connectivity index (χ2v) is 6.52. The molecule has 25 heavy (non-hydrogen) atoms. The maximum absolute atomic E-state index is 12.3. The zero-order chi connectivity index (χ0) is 18.0. The summed E-state index contributed by atoms with van der Waals surface area (Å²) >= 11 is 0.856. The van der Waals surface area contributed by atoms with Crippen LogP contribution in [0.2, 0.25) is 0 Å². The third-order valence-electron chi connectivity index (χ3n) is 4.05. The van der Waals surface area contributed by atoms with Gasteiger partial charge in [-0.25, -0.2) is 0 Å². The molecule has 0 atom stereocenters. The number of ether oxygens (including phenoxy) is 1. The van der Waals surface area contributed by atoms with Gasteiger partial charge in [-0.1, -0.05) is 0 Å². The molecule has 2 heterocycles. The summed E-state index contributed by atoms with van der Waals surface area (Å²) in [5.74, 6) is -0.364. The molecule has 1 aromatic carbocycles. The number of rotatable bonds is 4. The number of nitrogens with zero attached hydrogens (tertiary/aromatic N) is 3. The van der Waals surface area contributed by atoms with Crippen LogP contribution in [0, 0.1) is 10.1 Å². The number of amides is 2. The quantitative estimate of drug-likeness (QED) is 0.461. The van der Waals surface area contributed by atoms with Crippen molar-refractivity contribution in [2.24, 2.45) is 0 Å². The van der Waals surface area contributed by atoms with E-state index < -0.39 is 4.92 Å². The van der Waals surface area contributed by atoms with Gasteiger partial charge in [0.05, 0.1) is 23.0 Å². The summed E-state index contributed by atoms with van der Waals surface area (Å²) < 4.78 is 5.34. The number of morpholine rings is 1. The first kappa shape index (κ1) is 17.4. The first-order chi connectivity index (χ1) is 12.0. The SMILES string of the molecule is CCN1C(=O)S/C(=C\c2cc([N+](=O)[O-])ccc2N2CCOCC2)C1=O. The normalized spacial score (nSPS) is 19.8. The number of benzene rings is 1. The molecule has 0 radical (unpaired) electrons. The van der Waals surface area contributed by atoms with Crippen molar-refractivity contribution < 1.29 is 19.2 Å². The van der Waals surface area contributed by atoms with Crippen LogP contribution in [-0.4, -0.2) is 53.8 Å². The average molecular weight is 363 g/mol. The highest BCUT2D eigenvalue weighted by molar-refractivity contribution is 8.18. The molecule has 0 spiro atoms. The molecule has 2 saturated heterocycles. The molecular weight excluding hydrogens is 346 g/mol. The van der Waals surface area contributed by atoms with E-state index in [2.05, 4.69) is 4.90 Å². The summed E-state index contributed by atoms with van der Waals surface area (Å²) in [6.07, 6.45) is 1.57. The molecule has 2 amide bonds. The topological polar surface area (TPSA) is 93.0 Å². The number of thioether (sulfide) groups is 1. The number of imide groups is 1. The fraction of sp³-hybridized carbons (Fsp3) is 0.375. The molecule has 0 N–H and O–H groups in total. The van der Waals surface area contributed by atoms with Crippen molar-refractivity contribution >= 4 is 40.4 Å². The minimum absolute atomic E-state index is 0.0574. The van der Waals surface area contributed by atoms with Crippen molar-refractivity contribution in [3.05, 3.63) is 38.8 Å². The summed E-state index contributed by atoms with van der Waals surface area (Å²) in [7, 11) is 0. The molecule has 2 aliphatic rings. The van der Waals surface area contributed by atoms with Crippen LogP contribution in [0.4, 0.5) is 16.2 Å². The van der Waals surface area contributed by atoms with Crippen LogP contribution < -0.4 is 4.90 Å². The molecule has 8 nitrogen and oxygen atoms in total. The predicted molar refractivity (Wildman–Crippen MR) is 94.5 cm³/mol. The lowest BCUT2D eigenvalue weighted by molar-refractivity contribution is -0.384. The highest BCUT2D eigenvalue weighted by Crippen LogP contribution is 2.35. The molecule has 9 heteroatoms. The number of hydrogen-bond donors (Lipinski definition) is 0. The molecule has 132 valence electrons. The Labute approximate surface area is 148 Å². The Bertz CT molecular complexity index is 758. The Morgan fingerprint density at radius 3 is 2.64 bits per heavy atom. The van der Waals surface area contributed by atoms with Crippen molar-refractivity contribution in [1.29, 1.82) is 0 Å². The molecule has 3 rings (SSSR count). The fourth-order valence-corrected chi connectivity index (χ4v) is 3.67. The van der Waals surface area contributed by atoms with E-state index in [0.717, 1.165) is 22.3 Å². The van der Waals surface area contributed by atoms with Crippen LogP contribution in [0.1, 0.15) is 12.5 Å².